The molecule has 0 spiro atoms. The van der Waals surface area contributed by atoms with Crippen molar-refractivity contribution in [3.8, 4) is 11.5 Å². The maximum Gasteiger partial charge on any atom is 0.338 e. The molecule has 2 aliphatic heterocycles. The fourth-order valence-corrected chi connectivity index (χ4v) is 5.61. The second-order valence-electron chi connectivity index (χ2n) is 8.98. The first-order valence-electron chi connectivity index (χ1n) is 12.5. The van der Waals surface area contributed by atoms with E-state index >= 15 is 0 Å². The number of ether oxygens (including phenoxy) is 3. The number of esters is 1. The van der Waals surface area contributed by atoms with Crippen LogP contribution in [0.25, 0.3) is 0 Å². The lowest BCUT2D eigenvalue weighted by molar-refractivity contribution is -0.136. The summed E-state index contributed by atoms with van der Waals surface area (Å²) in [7, 11) is 4.59. The van der Waals surface area contributed by atoms with Crippen LogP contribution in [0.3, 0.4) is 0 Å². The van der Waals surface area contributed by atoms with Gasteiger partial charge in [0.15, 0.2) is 16.7 Å². The molecule has 0 saturated heterocycles. The van der Waals surface area contributed by atoms with Crippen LogP contribution in [0.4, 0.5) is 0 Å². The fourth-order valence-electron chi connectivity index (χ4n) is 4.68. The Labute approximate surface area is 227 Å². The van der Waals surface area contributed by atoms with E-state index in [9.17, 15) is 9.59 Å². The molecule has 4 rings (SSSR count). The van der Waals surface area contributed by atoms with Gasteiger partial charge in [-0.2, -0.15) is 0 Å². The van der Waals surface area contributed by atoms with Crippen LogP contribution in [0.1, 0.15) is 42.5 Å². The first kappa shape index (κ1) is 27.3. The van der Waals surface area contributed by atoms with Crippen LogP contribution >= 0.6 is 11.8 Å². The molecular weight excluding hydrogens is 502 g/mol. The highest BCUT2D eigenvalue weighted by Crippen LogP contribution is 2.45. The van der Waals surface area contributed by atoms with Crippen LogP contribution in [0.2, 0.25) is 0 Å². The highest BCUT2D eigenvalue weighted by atomic mass is 32.2. The number of allylic oxidation sites excluding steroid dienone is 1. The number of amidine groups is 1. The summed E-state index contributed by atoms with van der Waals surface area (Å²) in [4.78, 5) is 32.8. The Balaban J connectivity index is 1.51. The van der Waals surface area contributed by atoms with Gasteiger partial charge in [-0.15, -0.1) is 0 Å². The number of nitrogens with zero attached hydrogens (tertiary/aromatic N) is 2. The Morgan fingerprint density at radius 3 is 2.55 bits per heavy atom. The molecule has 200 valence electrons. The summed E-state index contributed by atoms with van der Waals surface area (Å²) < 4.78 is 15.8. The van der Waals surface area contributed by atoms with E-state index in [1.807, 2.05) is 60.6 Å². The number of hydrogen-bond acceptors (Lipinski definition) is 8. The van der Waals surface area contributed by atoms with Crippen molar-refractivity contribution in [2.45, 2.75) is 39.2 Å². The average Bonchev–Trinajstić information content (AvgIpc) is 3.33. The molecule has 0 radical (unpaired) electrons. The molecule has 9 heteroatoms. The number of carbonyl (C=O) groups is 2. The van der Waals surface area contributed by atoms with Gasteiger partial charge in [0, 0.05) is 12.2 Å². The van der Waals surface area contributed by atoms with E-state index in [4.69, 9.17) is 19.2 Å². The molecule has 1 N–H and O–H groups in total. The fraction of sp³-hybridized carbons (Fsp3) is 0.345. The Morgan fingerprint density at radius 1 is 1.08 bits per heavy atom. The van der Waals surface area contributed by atoms with Crippen molar-refractivity contribution in [3.05, 3.63) is 81.5 Å². The Hall–Kier alpha value is -3.72. The standard InChI is InChI=1S/C29H33N3O5S/c1-6-22-26(28(34)37-5)27(20-9-7-8-18(2)14-20)32-21(17-38-29(32)31-22)16-25(33)30-13-12-19-10-11-23(35-3)24(15-19)36-4/h7-11,14-15,17,27H,6,12-13,16H2,1-5H3,(H,30,33)/t27-/m0/s1. The number of benzene rings is 2. The minimum Gasteiger partial charge on any atom is -0.493 e. The molecule has 0 saturated carbocycles. The largest absolute Gasteiger partial charge is 0.493 e. The number of fused-ring (bicyclic) bond motifs is 1. The summed E-state index contributed by atoms with van der Waals surface area (Å²) in [6, 6.07) is 13.4. The molecule has 0 bridgehead atoms. The van der Waals surface area contributed by atoms with Crippen molar-refractivity contribution in [1.82, 2.24) is 10.2 Å². The van der Waals surface area contributed by atoms with Gasteiger partial charge in [0.1, 0.15) is 0 Å². The topological polar surface area (TPSA) is 89.5 Å². The monoisotopic (exact) mass is 535 g/mol. The van der Waals surface area contributed by atoms with E-state index in [1.54, 1.807) is 14.2 Å². The third-order valence-corrected chi connectivity index (χ3v) is 7.40. The Morgan fingerprint density at radius 2 is 1.87 bits per heavy atom. The highest BCUT2D eigenvalue weighted by molar-refractivity contribution is 8.16. The lowest BCUT2D eigenvalue weighted by atomic mass is 9.92. The molecule has 0 fully saturated rings. The third-order valence-electron chi connectivity index (χ3n) is 6.51. The van der Waals surface area contributed by atoms with E-state index in [0.29, 0.717) is 42.2 Å². The number of amides is 1. The second-order valence-corrected chi connectivity index (χ2v) is 9.82. The summed E-state index contributed by atoms with van der Waals surface area (Å²) in [6.45, 7) is 4.47. The quantitative estimate of drug-likeness (QED) is 0.433. The van der Waals surface area contributed by atoms with Crippen molar-refractivity contribution in [1.29, 1.82) is 0 Å². The first-order valence-corrected chi connectivity index (χ1v) is 13.4. The lowest BCUT2D eigenvalue weighted by Crippen LogP contribution is -2.38. The van der Waals surface area contributed by atoms with E-state index in [0.717, 1.165) is 27.6 Å². The maximum absolute atomic E-state index is 13.0. The number of aliphatic imine (C=N–C) groups is 1. The van der Waals surface area contributed by atoms with E-state index in [1.165, 1.54) is 18.9 Å². The van der Waals surface area contributed by atoms with Gasteiger partial charge in [0.05, 0.1) is 45.1 Å². The van der Waals surface area contributed by atoms with Gasteiger partial charge in [0.25, 0.3) is 0 Å². The molecule has 8 nitrogen and oxygen atoms in total. The minimum atomic E-state index is -0.425. The van der Waals surface area contributed by atoms with Gasteiger partial charge in [-0.3, -0.25) is 4.79 Å². The predicted molar refractivity (Wildman–Crippen MR) is 149 cm³/mol. The maximum atomic E-state index is 13.0. The lowest BCUT2D eigenvalue weighted by Gasteiger charge is -2.36. The molecule has 0 unspecified atom stereocenters. The molecule has 2 aromatic carbocycles. The van der Waals surface area contributed by atoms with Gasteiger partial charge in [-0.25, -0.2) is 9.79 Å². The number of nitrogens with one attached hydrogen (secondary N) is 1. The Bertz CT molecular complexity index is 1320. The van der Waals surface area contributed by atoms with E-state index < -0.39 is 12.0 Å². The summed E-state index contributed by atoms with van der Waals surface area (Å²) in [6.07, 6.45) is 1.41. The summed E-state index contributed by atoms with van der Waals surface area (Å²) >= 11 is 1.47. The smallest absolute Gasteiger partial charge is 0.338 e. The first-order chi connectivity index (χ1) is 18.4. The number of aryl methyl sites for hydroxylation is 1. The molecule has 38 heavy (non-hydrogen) atoms. The van der Waals surface area contributed by atoms with Crippen LogP contribution in [0.5, 0.6) is 11.5 Å². The predicted octanol–water partition coefficient (Wildman–Crippen LogP) is 4.90. The van der Waals surface area contributed by atoms with Crippen molar-refractivity contribution in [2.75, 3.05) is 27.9 Å². The third kappa shape index (κ3) is 5.72. The van der Waals surface area contributed by atoms with Gasteiger partial charge in [-0.05, 0) is 48.4 Å². The Kier molecular flexibility index (Phi) is 8.78. The summed E-state index contributed by atoms with van der Waals surface area (Å²) in [5.41, 5.74) is 5.07. The zero-order chi connectivity index (χ0) is 27.2. The van der Waals surface area contributed by atoms with Crippen LogP contribution in [0, 0.1) is 6.92 Å². The number of thioether (sulfide) groups is 1. The van der Waals surface area contributed by atoms with E-state index in [2.05, 4.69) is 11.4 Å². The second kappa shape index (κ2) is 12.2. The SMILES string of the molecule is CCC1=C(C(=O)OC)[C@H](c2cccc(C)c2)N2C(CC(=O)NCCc3ccc(OC)c(OC)c3)=CSC2=N1. The van der Waals surface area contributed by atoms with Crippen molar-refractivity contribution in [3.63, 3.8) is 0 Å². The van der Waals surface area contributed by atoms with Crippen molar-refractivity contribution >= 4 is 28.8 Å². The molecule has 2 aliphatic rings. The summed E-state index contributed by atoms with van der Waals surface area (Å²) in [5.74, 6) is 0.808. The zero-order valence-corrected chi connectivity index (χ0v) is 23.2. The molecule has 2 heterocycles. The number of methoxy groups -OCH3 is 3. The van der Waals surface area contributed by atoms with Gasteiger partial charge >= 0.3 is 5.97 Å². The molecular formula is C29H33N3O5S. The molecule has 0 aliphatic carbocycles. The molecule has 2 aromatic rings. The van der Waals surface area contributed by atoms with Gasteiger partial charge in [0.2, 0.25) is 5.91 Å². The van der Waals surface area contributed by atoms with E-state index in [-0.39, 0.29) is 12.3 Å². The van der Waals surface area contributed by atoms with Crippen LogP contribution in [-0.4, -0.2) is 49.8 Å². The molecule has 1 atom stereocenters. The number of carbonyl (C=O) groups excluding carboxylic acids is 2. The summed E-state index contributed by atoms with van der Waals surface area (Å²) in [5, 5.41) is 5.72. The van der Waals surface area contributed by atoms with Crippen LogP contribution < -0.4 is 14.8 Å². The highest BCUT2D eigenvalue weighted by Gasteiger charge is 2.41. The molecule has 0 aromatic heterocycles. The zero-order valence-electron chi connectivity index (χ0n) is 22.4. The normalized spacial score (nSPS) is 16.4. The van der Waals surface area contributed by atoms with Gasteiger partial charge in [-0.1, -0.05) is 54.6 Å². The number of hydrogen-bond donors (Lipinski definition) is 1. The van der Waals surface area contributed by atoms with Crippen LogP contribution in [-0.2, 0) is 20.7 Å². The molecule has 1 amide bonds. The average molecular weight is 536 g/mol. The number of rotatable bonds is 10. The van der Waals surface area contributed by atoms with Crippen molar-refractivity contribution < 1.29 is 23.8 Å². The minimum absolute atomic E-state index is 0.105. The van der Waals surface area contributed by atoms with Crippen molar-refractivity contribution in [2.24, 2.45) is 4.99 Å². The van der Waals surface area contributed by atoms with Crippen LogP contribution in [0.15, 0.2) is 69.8 Å². The van der Waals surface area contributed by atoms with Gasteiger partial charge < -0.3 is 24.4 Å².